The molecule has 4 rings (SSSR count). The number of carboxylic acids is 1. The lowest BCUT2D eigenvalue weighted by molar-refractivity contribution is -0.689. The molecule has 0 aromatic carbocycles. The maximum Gasteiger partial charge on any atom is 0.352 e. The van der Waals surface area contributed by atoms with E-state index >= 15 is 0 Å². The fraction of sp³-hybridized carbons (Fsp3) is 0.250. The number of carboxylic acid groups (broad SMARTS) is 1. The topological polar surface area (TPSA) is 197 Å². The van der Waals surface area contributed by atoms with Crippen molar-refractivity contribution in [3.8, 4) is 0 Å². The third-order valence-corrected chi connectivity index (χ3v) is 7.25. The van der Waals surface area contributed by atoms with Gasteiger partial charge in [0.2, 0.25) is 11.8 Å². The highest BCUT2D eigenvalue weighted by Crippen LogP contribution is 2.40. The molecule has 8 N–H and O–H groups in total. The predicted molar refractivity (Wildman–Crippen MR) is 120 cm³/mol. The van der Waals surface area contributed by atoms with E-state index in [0.717, 1.165) is 4.88 Å². The second-order valence-corrected chi connectivity index (χ2v) is 9.23. The van der Waals surface area contributed by atoms with E-state index in [0.29, 0.717) is 16.9 Å². The molecular formula is C20H23N4O7S2+. The lowest BCUT2D eigenvalue weighted by atomic mass is 10.0. The Kier molecular flexibility index (Phi) is 8.33. The van der Waals surface area contributed by atoms with Crippen LogP contribution in [0.15, 0.2) is 53.3 Å². The number of nitrogens with two attached hydrogens (primary N) is 1. The Hall–Kier alpha value is -3.26. The zero-order valence-corrected chi connectivity index (χ0v) is 18.8. The van der Waals surface area contributed by atoms with Gasteiger partial charge in [-0.05, 0) is 11.4 Å². The van der Waals surface area contributed by atoms with Crippen LogP contribution in [0.1, 0.15) is 15.2 Å². The van der Waals surface area contributed by atoms with E-state index in [9.17, 15) is 24.3 Å². The number of hydrogen-bond acceptors (Lipinski definition) is 6. The number of amides is 3. The lowest BCUT2D eigenvalue weighted by Gasteiger charge is -2.49. The van der Waals surface area contributed by atoms with E-state index < -0.39 is 29.2 Å². The van der Waals surface area contributed by atoms with Crippen LogP contribution < -0.4 is 15.6 Å². The number of pyridine rings is 1. The number of carbonyl (C=O) groups excluding carboxylic acids is 3. The summed E-state index contributed by atoms with van der Waals surface area (Å²) in [7, 11) is 0. The summed E-state index contributed by atoms with van der Waals surface area (Å²) in [4.78, 5) is 50.3. The minimum Gasteiger partial charge on any atom is -0.477 e. The van der Waals surface area contributed by atoms with Gasteiger partial charge in [0.25, 0.3) is 5.91 Å². The minimum atomic E-state index is -1.19. The number of rotatable bonds is 7. The highest BCUT2D eigenvalue weighted by Gasteiger charge is 2.54. The maximum atomic E-state index is 12.7. The summed E-state index contributed by atoms with van der Waals surface area (Å²) in [6.45, 7) is 0.250. The van der Waals surface area contributed by atoms with Gasteiger partial charge in [-0.25, -0.2) is 9.36 Å². The van der Waals surface area contributed by atoms with Crippen LogP contribution in [0.5, 0.6) is 0 Å². The van der Waals surface area contributed by atoms with Gasteiger partial charge in [-0.3, -0.25) is 19.3 Å². The Morgan fingerprint density at radius 3 is 2.48 bits per heavy atom. The van der Waals surface area contributed by atoms with Crippen molar-refractivity contribution in [3.05, 3.63) is 63.7 Å². The van der Waals surface area contributed by atoms with Gasteiger partial charge in [-0.15, -0.1) is 23.1 Å². The Labute approximate surface area is 196 Å². The van der Waals surface area contributed by atoms with E-state index in [4.69, 9.17) is 5.73 Å². The molecular weight excluding hydrogens is 472 g/mol. The van der Waals surface area contributed by atoms with Gasteiger partial charge < -0.3 is 27.1 Å². The van der Waals surface area contributed by atoms with Crippen LogP contribution in [0, 0.1) is 0 Å². The number of β-lactam (4-membered cyclic amide) rings is 1. The van der Waals surface area contributed by atoms with Crippen LogP contribution in [0.4, 0.5) is 0 Å². The van der Waals surface area contributed by atoms with E-state index in [-0.39, 0.29) is 35.5 Å². The van der Waals surface area contributed by atoms with Gasteiger partial charge in [0.15, 0.2) is 18.9 Å². The number of carbonyl (C=O) groups is 4. The molecule has 2 aromatic rings. The first-order valence-electron chi connectivity index (χ1n) is 9.36. The van der Waals surface area contributed by atoms with Crippen molar-refractivity contribution < 1.29 is 39.8 Å². The fourth-order valence-electron chi connectivity index (χ4n) is 3.55. The van der Waals surface area contributed by atoms with Gasteiger partial charge in [0, 0.05) is 28.3 Å². The predicted octanol–water partition coefficient (Wildman–Crippen LogP) is -1.53. The van der Waals surface area contributed by atoms with E-state index in [1.807, 2.05) is 17.5 Å². The number of aromatic nitrogens is 1. The van der Waals surface area contributed by atoms with Crippen LogP contribution in [-0.4, -0.2) is 61.8 Å². The van der Waals surface area contributed by atoms with Gasteiger partial charge in [0.1, 0.15) is 17.1 Å². The quantitative estimate of drug-likeness (QED) is 0.307. The average Bonchev–Trinajstić information content (AvgIpc) is 3.24. The van der Waals surface area contributed by atoms with Crippen molar-refractivity contribution in [2.75, 3.05) is 5.75 Å². The SMILES string of the molecule is NC(=O)c1cc[n+](CC2=C(C(=O)O)N3C(=O)[C@@H](NC(=O)Cc4cccs4)[C@H]3SC2)cc1.O.O. The molecule has 176 valence electrons. The third kappa shape index (κ3) is 5.22. The largest absolute Gasteiger partial charge is 0.477 e. The molecule has 0 bridgehead atoms. The molecule has 11 nitrogen and oxygen atoms in total. The highest BCUT2D eigenvalue weighted by molar-refractivity contribution is 8.00. The van der Waals surface area contributed by atoms with Crippen molar-refractivity contribution in [2.45, 2.75) is 24.4 Å². The van der Waals surface area contributed by atoms with Crippen molar-refractivity contribution in [1.29, 1.82) is 0 Å². The summed E-state index contributed by atoms with van der Waals surface area (Å²) < 4.78 is 1.72. The first-order chi connectivity index (χ1) is 14.8. The normalized spacial score (nSPS) is 18.9. The standard InChI is InChI=1S/C20H18N4O5S2.2H2O/c21-17(26)11-3-5-23(6-4-11)9-12-10-31-19-15(18(27)24(19)16(12)20(28)29)22-14(25)8-13-2-1-7-30-13;;/h1-7,15,19H,8-10H2,(H3-,21,22,25,26,28,29);2*1H2/p+1/t15-,19-;;/m1../s1. The molecule has 0 radical (unpaired) electrons. The number of hydrogen-bond donors (Lipinski definition) is 3. The highest BCUT2D eigenvalue weighted by atomic mass is 32.2. The van der Waals surface area contributed by atoms with E-state index in [2.05, 4.69) is 5.32 Å². The van der Waals surface area contributed by atoms with Crippen molar-refractivity contribution in [1.82, 2.24) is 10.2 Å². The minimum absolute atomic E-state index is 0. The molecule has 2 aliphatic rings. The van der Waals surface area contributed by atoms with Crippen molar-refractivity contribution >= 4 is 46.8 Å². The molecule has 0 saturated carbocycles. The third-order valence-electron chi connectivity index (χ3n) is 5.03. The zero-order valence-electron chi connectivity index (χ0n) is 17.2. The second-order valence-electron chi connectivity index (χ2n) is 7.09. The summed E-state index contributed by atoms with van der Waals surface area (Å²) in [5.74, 6) is -2.03. The molecule has 33 heavy (non-hydrogen) atoms. The Balaban J connectivity index is 0.00000193. The van der Waals surface area contributed by atoms with Gasteiger partial charge in [-0.2, -0.15) is 0 Å². The molecule has 2 aliphatic heterocycles. The maximum absolute atomic E-state index is 12.7. The van der Waals surface area contributed by atoms with Crippen LogP contribution >= 0.6 is 23.1 Å². The number of nitrogens with zero attached hydrogens (tertiary/aromatic N) is 2. The molecule has 2 aromatic heterocycles. The van der Waals surface area contributed by atoms with Crippen molar-refractivity contribution in [3.63, 3.8) is 0 Å². The Bertz CT molecular complexity index is 1090. The zero-order chi connectivity index (χ0) is 22.1. The lowest BCUT2D eigenvalue weighted by Crippen LogP contribution is -2.70. The molecule has 0 unspecified atom stereocenters. The van der Waals surface area contributed by atoms with Gasteiger partial charge in [-0.1, -0.05) is 6.07 Å². The summed E-state index contributed by atoms with van der Waals surface area (Å²) in [6, 6.07) is 6.06. The van der Waals surface area contributed by atoms with Crippen LogP contribution in [0.3, 0.4) is 0 Å². The van der Waals surface area contributed by atoms with Gasteiger partial charge >= 0.3 is 5.97 Å². The second kappa shape index (κ2) is 10.6. The summed E-state index contributed by atoms with van der Waals surface area (Å²) in [5.41, 5.74) is 6.11. The van der Waals surface area contributed by atoms with E-state index in [1.54, 1.807) is 29.1 Å². The van der Waals surface area contributed by atoms with Crippen molar-refractivity contribution in [2.24, 2.45) is 5.73 Å². The van der Waals surface area contributed by atoms with E-state index in [1.165, 1.54) is 28.0 Å². The molecule has 2 atom stereocenters. The van der Waals surface area contributed by atoms with Crippen LogP contribution in [0.25, 0.3) is 0 Å². The summed E-state index contributed by atoms with van der Waals surface area (Å²) >= 11 is 2.88. The number of primary amides is 1. The van der Waals surface area contributed by atoms with Gasteiger partial charge in [0.05, 0.1) is 12.0 Å². The summed E-state index contributed by atoms with van der Waals surface area (Å²) in [6.07, 6.45) is 3.45. The molecule has 3 amide bonds. The summed E-state index contributed by atoms with van der Waals surface area (Å²) in [5, 5.41) is 13.9. The number of nitrogens with one attached hydrogen (secondary N) is 1. The number of aliphatic carboxylic acids is 1. The number of thiophene rings is 1. The molecule has 1 fully saturated rings. The molecule has 13 heteroatoms. The Morgan fingerprint density at radius 2 is 1.91 bits per heavy atom. The van der Waals surface area contributed by atoms with Crippen LogP contribution in [0.2, 0.25) is 0 Å². The number of fused-ring (bicyclic) bond motifs is 1. The average molecular weight is 496 g/mol. The van der Waals surface area contributed by atoms with Crippen LogP contribution in [-0.2, 0) is 27.3 Å². The Morgan fingerprint density at radius 1 is 1.21 bits per heavy atom. The molecule has 1 saturated heterocycles. The monoisotopic (exact) mass is 495 g/mol. The molecule has 0 spiro atoms. The first kappa shape index (κ1) is 26.0. The first-order valence-corrected chi connectivity index (χ1v) is 11.3. The molecule has 4 heterocycles. The number of thioether (sulfide) groups is 1. The molecule has 0 aliphatic carbocycles. The smallest absolute Gasteiger partial charge is 0.352 e. The fourth-order valence-corrected chi connectivity index (χ4v) is 5.59.